The van der Waals surface area contributed by atoms with Crippen LogP contribution < -0.4 is 10.2 Å². The van der Waals surface area contributed by atoms with Crippen LogP contribution in [0.1, 0.15) is 29.1 Å². The number of hydrogen-bond acceptors (Lipinski definition) is 6. The summed E-state index contributed by atoms with van der Waals surface area (Å²) in [6.07, 6.45) is 1.82. The van der Waals surface area contributed by atoms with Gasteiger partial charge in [-0.2, -0.15) is 5.26 Å². The zero-order valence-corrected chi connectivity index (χ0v) is 18.6. The molecule has 0 saturated heterocycles. The molecule has 31 heavy (non-hydrogen) atoms. The van der Waals surface area contributed by atoms with Crippen molar-refractivity contribution in [3.05, 3.63) is 69.8 Å². The van der Waals surface area contributed by atoms with Crippen LogP contribution >= 0.6 is 11.3 Å². The van der Waals surface area contributed by atoms with E-state index in [-0.39, 0.29) is 12.1 Å². The Balaban J connectivity index is 1.75. The summed E-state index contributed by atoms with van der Waals surface area (Å²) in [6.45, 7) is 1.90. The number of anilines is 1. The number of thiazole rings is 1. The van der Waals surface area contributed by atoms with Crippen molar-refractivity contribution in [2.75, 3.05) is 26.0 Å². The maximum Gasteiger partial charge on any atom is 0.322 e. The average molecular weight is 431 g/mol. The lowest BCUT2D eigenvalue weighted by molar-refractivity contribution is 0.200. The number of carbonyl (C=O) groups is 1. The van der Waals surface area contributed by atoms with E-state index in [1.807, 2.05) is 61.8 Å². The Morgan fingerprint density at radius 3 is 2.55 bits per heavy atom. The van der Waals surface area contributed by atoms with Crippen LogP contribution in [0.5, 0.6) is 0 Å². The molecule has 3 aromatic rings. The van der Waals surface area contributed by atoms with Gasteiger partial charge in [0.1, 0.15) is 10.8 Å². The van der Waals surface area contributed by atoms with Crippen molar-refractivity contribution in [1.29, 1.82) is 5.26 Å². The first-order valence-corrected chi connectivity index (χ1v) is 10.6. The fourth-order valence-electron chi connectivity index (χ4n) is 3.57. The Bertz CT molecular complexity index is 1190. The van der Waals surface area contributed by atoms with E-state index in [0.29, 0.717) is 5.56 Å². The molecule has 0 bridgehead atoms. The van der Waals surface area contributed by atoms with Crippen molar-refractivity contribution in [3.8, 4) is 17.3 Å². The SMILES string of the molecule is CC1=C(c2nc(-c3ccc(C#N)cc3)cs2)C(c2ccc(N(C)C)nc2)N(C)C(=O)N1. The second-order valence-corrected chi connectivity index (χ2v) is 8.41. The molecule has 1 aliphatic heterocycles. The van der Waals surface area contributed by atoms with E-state index in [4.69, 9.17) is 10.2 Å². The van der Waals surface area contributed by atoms with Crippen LogP contribution in [0, 0.1) is 11.3 Å². The van der Waals surface area contributed by atoms with Crippen molar-refractivity contribution < 1.29 is 4.79 Å². The normalized spacial score (nSPS) is 16.2. The number of likely N-dealkylation sites (N-methyl/N-ethyl adjacent to an activating group) is 1. The topological polar surface area (TPSA) is 85.2 Å². The van der Waals surface area contributed by atoms with E-state index in [0.717, 1.165) is 38.9 Å². The molecule has 2 aromatic heterocycles. The van der Waals surface area contributed by atoms with Gasteiger partial charge in [0.25, 0.3) is 0 Å². The molecule has 1 aliphatic rings. The molecular weight excluding hydrogens is 408 g/mol. The van der Waals surface area contributed by atoms with Crippen molar-refractivity contribution in [2.45, 2.75) is 13.0 Å². The fourth-order valence-corrected chi connectivity index (χ4v) is 4.52. The molecule has 0 saturated carbocycles. The minimum absolute atomic E-state index is 0.160. The third-order valence-electron chi connectivity index (χ3n) is 5.27. The third kappa shape index (κ3) is 3.88. The summed E-state index contributed by atoms with van der Waals surface area (Å²) in [4.78, 5) is 25.6. The highest BCUT2D eigenvalue weighted by Gasteiger charge is 2.34. The Labute approximate surface area is 185 Å². The van der Waals surface area contributed by atoms with E-state index in [2.05, 4.69) is 16.4 Å². The monoisotopic (exact) mass is 430 g/mol. The van der Waals surface area contributed by atoms with Gasteiger partial charge in [-0.25, -0.2) is 14.8 Å². The molecule has 4 rings (SSSR count). The maximum absolute atomic E-state index is 12.5. The van der Waals surface area contributed by atoms with E-state index in [9.17, 15) is 4.79 Å². The second kappa shape index (κ2) is 8.20. The van der Waals surface area contributed by atoms with Gasteiger partial charge in [-0.05, 0) is 30.7 Å². The molecule has 8 heteroatoms. The fraction of sp³-hybridized carbons (Fsp3) is 0.217. The molecule has 156 valence electrons. The summed E-state index contributed by atoms with van der Waals surface area (Å²) in [5, 5.41) is 14.8. The van der Waals surface area contributed by atoms with E-state index >= 15 is 0 Å². The number of pyridine rings is 1. The van der Waals surface area contributed by atoms with E-state index < -0.39 is 0 Å². The number of nitrogens with one attached hydrogen (secondary N) is 1. The molecule has 0 fully saturated rings. The molecular formula is C23H22N6OS. The number of nitrogens with zero attached hydrogens (tertiary/aromatic N) is 5. The van der Waals surface area contributed by atoms with Gasteiger partial charge in [0, 0.05) is 49.6 Å². The van der Waals surface area contributed by atoms with E-state index in [1.54, 1.807) is 24.1 Å². The number of rotatable bonds is 4. The molecule has 1 N–H and O–H groups in total. The summed E-state index contributed by atoms with van der Waals surface area (Å²) in [7, 11) is 5.66. The minimum Gasteiger partial charge on any atom is -0.363 e. The smallest absolute Gasteiger partial charge is 0.322 e. The summed E-state index contributed by atoms with van der Waals surface area (Å²) in [6, 6.07) is 13.0. The largest absolute Gasteiger partial charge is 0.363 e. The average Bonchev–Trinajstić information content (AvgIpc) is 3.26. The van der Waals surface area contributed by atoms with Crippen LogP contribution in [0.15, 0.2) is 53.7 Å². The number of amides is 2. The first-order chi connectivity index (χ1) is 14.9. The zero-order valence-electron chi connectivity index (χ0n) is 17.7. The molecule has 1 unspecified atom stereocenters. The standard InChI is InChI=1S/C23H22N6OS/c1-14-20(22-27-18(13-31-22)16-7-5-15(11-24)6-8-16)21(29(4)23(30)26-14)17-9-10-19(25-12-17)28(2)3/h5-10,12-13,21H,1-4H3,(H,26,30). The van der Waals surface area contributed by atoms with Crippen molar-refractivity contribution >= 4 is 28.8 Å². The predicted octanol–water partition coefficient (Wildman–Crippen LogP) is 4.27. The van der Waals surface area contributed by atoms with Gasteiger partial charge < -0.3 is 15.1 Å². The quantitative estimate of drug-likeness (QED) is 0.668. The highest BCUT2D eigenvalue weighted by molar-refractivity contribution is 7.11. The molecule has 3 heterocycles. The van der Waals surface area contributed by atoms with Crippen LogP contribution in [0.4, 0.5) is 10.6 Å². The van der Waals surface area contributed by atoms with Gasteiger partial charge in [-0.15, -0.1) is 11.3 Å². The van der Waals surface area contributed by atoms with Gasteiger partial charge in [0.2, 0.25) is 0 Å². The number of urea groups is 1. The predicted molar refractivity (Wildman–Crippen MR) is 122 cm³/mol. The van der Waals surface area contributed by atoms with Crippen molar-refractivity contribution in [1.82, 2.24) is 20.2 Å². The Kier molecular flexibility index (Phi) is 5.44. The lowest BCUT2D eigenvalue weighted by Crippen LogP contribution is -2.44. The molecule has 2 amide bonds. The molecule has 0 aliphatic carbocycles. The first kappa shape index (κ1) is 20.6. The second-order valence-electron chi connectivity index (χ2n) is 7.55. The summed E-state index contributed by atoms with van der Waals surface area (Å²) < 4.78 is 0. The Morgan fingerprint density at radius 2 is 1.94 bits per heavy atom. The van der Waals surface area contributed by atoms with Gasteiger partial charge in [0.15, 0.2) is 0 Å². The summed E-state index contributed by atoms with van der Waals surface area (Å²) in [5.74, 6) is 0.853. The molecule has 1 aromatic carbocycles. The van der Waals surface area contributed by atoms with Gasteiger partial charge in [-0.1, -0.05) is 18.2 Å². The molecule has 7 nitrogen and oxygen atoms in total. The Morgan fingerprint density at radius 1 is 1.19 bits per heavy atom. The number of benzene rings is 1. The van der Waals surface area contributed by atoms with Crippen LogP contribution in [0.2, 0.25) is 0 Å². The third-order valence-corrected chi connectivity index (χ3v) is 6.14. The summed E-state index contributed by atoms with van der Waals surface area (Å²) in [5.41, 5.74) is 5.05. The highest BCUT2D eigenvalue weighted by Crippen LogP contribution is 2.40. The number of carbonyl (C=O) groups excluding carboxylic acids is 1. The highest BCUT2D eigenvalue weighted by atomic mass is 32.1. The number of nitriles is 1. The lowest BCUT2D eigenvalue weighted by atomic mass is 9.95. The van der Waals surface area contributed by atoms with Crippen LogP contribution in [-0.2, 0) is 0 Å². The zero-order chi connectivity index (χ0) is 22.1. The van der Waals surface area contributed by atoms with E-state index in [1.165, 1.54) is 11.3 Å². The van der Waals surface area contributed by atoms with Crippen LogP contribution in [-0.4, -0.2) is 42.0 Å². The lowest BCUT2D eigenvalue weighted by Gasteiger charge is -2.35. The Hall–Kier alpha value is -3.70. The number of hydrogen-bond donors (Lipinski definition) is 1. The van der Waals surface area contributed by atoms with Crippen LogP contribution in [0.25, 0.3) is 16.8 Å². The van der Waals surface area contributed by atoms with Crippen LogP contribution in [0.3, 0.4) is 0 Å². The van der Waals surface area contributed by atoms with Crippen molar-refractivity contribution in [2.24, 2.45) is 0 Å². The first-order valence-electron chi connectivity index (χ1n) is 9.73. The maximum atomic E-state index is 12.5. The van der Waals surface area contributed by atoms with Crippen molar-refractivity contribution in [3.63, 3.8) is 0 Å². The number of aromatic nitrogens is 2. The molecule has 1 atom stereocenters. The molecule has 0 radical (unpaired) electrons. The summed E-state index contributed by atoms with van der Waals surface area (Å²) >= 11 is 1.53. The van der Waals surface area contributed by atoms with Gasteiger partial charge in [-0.3, -0.25) is 0 Å². The molecule has 0 spiro atoms. The minimum atomic E-state index is -0.294. The van der Waals surface area contributed by atoms with Gasteiger partial charge in [0.05, 0.1) is 23.4 Å². The van der Waals surface area contributed by atoms with Gasteiger partial charge >= 0.3 is 6.03 Å². The number of allylic oxidation sites excluding steroid dienone is 1.